The summed E-state index contributed by atoms with van der Waals surface area (Å²) >= 11 is 0. The highest BCUT2D eigenvalue weighted by atomic mass is 15.2. The zero-order valence-electron chi connectivity index (χ0n) is 15.1. The van der Waals surface area contributed by atoms with Crippen LogP contribution in [0.25, 0.3) is 17.0 Å². The first-order valence-corrected chi connectivity index (χ1v) is 9.47. The summed E-state index contributed by atoms with van der Waals surface area (Å²) in [6.07, 6.45) is 9.99. The quantitative estimate of drug-likeness (QED) is 0.606. The van der Waals surface area contributed by atoms with Crippen molar-refractivity contribution in [3.8, 4) is 11.3 Å². The minimum Gasteiger partial charge on any atom is -0.348 e. The molecule has 0 amide bonds. The first kappa shape index (κ1) is 16.2. The lowest BCUT2D eigenvalue weighted by molar-refractivity contribution is 0.195. The number of imidazole rings is 2. The molecule has 1 aromatic carbocycles. The summed E-state index contributed by atoms with van der Waals surface area (Å²) in [7, 11) is 0. The standard InChI is InChI=1S/C21H22N6/c1-2-6-16(7-3-1)19-18(27-13-5-9-24-21(27)25-19)15-26-12-4-8-17(14-26)20-22-10-11-23-20/h1-3,5-7,9-11,13,17H,4,8,12,14-15H2,(H,22,23). The number of likely N-dealkylation sites (tertiary alicyclic amines) is 1. The average molecular weight is 358 g/mol. The Morgan fingerprint density at radius 3 is 2.85 bits per heavy atom. The molecule has 4 heterocycles. The van der Waals surface area contributed by atoms with Crippen LogP contribution in [0.4, 0.5) is 0 Å². The van der Waals surface area contributed by atoms with Crippen LogP contribution in [0, 0.1) is 0 Å². The molecule has 5 rings (SSSR count). The highest BCUT2D eigenvalue weighted by Crippen LogP contribution is 2.29. The lowest BCUT2D eigenvalue weighted by atomic mass is 9.97. The van der Waals surface area contributed by atoms with Crippen molar-refractivity contribution in [1.82, 2.24) is 29.2 Å². The number of nitrogens with one attached hydrogen (secondary N) is 1. The predicted molar refractivity (Wildman–Crippen MR) is 104 cm³/mol. The summed E-state index contributed by atoms with van der Waals surface area (Å²) < 4.78 is 2.12. The molecule has 0 radical (unpaired) electrons. The van der Waals surface area contributed by atoms with Gasteiger partial charge in [0.1, 0.15) is 5.82 Å². The van der Waals surface area contributed by atoms with E-state index in [2.05, 4.69) is 54.7 Å². The van der Waals surface area contributed by atoms with Gasteiger partial charge in [0.05, 0.1) is 11.4 Å². The number of aromatic amines is 1. The maximum atomic E-state index is 4.82. The van der Waals surface area contributed by atoms with Crippen LogP contribution in [-0.4, -0.2) is 42.3 Å². The summed E-state index contributed by atoms with van der Waals surface area (Å²) in [4.78, 5) is 19.6. The molecule has 1 atom stereocenters. The number of benzene rings is 1. The summed E-state index contributed by atoms with van der Waals surface area (Å²) in [6.45, 7) is 2.96. The first-order chi connectivity index (χ1) is 13.4. The highest BCUT2D eigenvalue weighted by Gasteiger charge is 2.25. The number of hydrogen-bond donors (Lipinski definition) is 1. The number of hydrogen-bond acceptors (Lipinski definition) is 4. The van der Waals surface area contributed by atoms with Gasteiger partial charge in [-0.1, -0.05) is 30.3 Å². The van der Waals surface area contributed by atoms with Gasteiger partial charge in [-0.25, -0.2) is 15.0 Å². The number of H-pyrrole nitrogens is 1. The fourth-order valence-corrected chi connectivity index (χ4v) is 4.05. The second-order valence-electron chi connectivity index (χ2n) is 7.11. The highest BCUT2D eigenvalue weighted by molar-refractivity contribution is 5.65. The van der Waals surface area contributed by atoms with Crippen molar-refractivity contribution in [1.29, 1.82) is 0 Å². The molecule has 136 valence electrons. The third-order valence-electron chi connectivity index (χ3n) is 5.33. The van der Waals surface area contributed by atoms with Crippen molar-refractivity contribution < 1.29 is 0 Å². The molecule has 0 spiro atoms. The van der Waals surface area contributed by atoms with Crippen LogP contribution < -0.4 is 0 Å². The third-order valence-corrected chi connectivity index (χ3v) is 5.33. The fourth-order valence-electron chi connectivity index (χ4n) is 4.05. The maximum Gasteiger partial charge on any atom is 0.234 e. The van der Waals surface area contributed by atoms with Crippen LogP contribution >= 0.6 is 0 Å². The zero-order chi connectivity index (χ0) is 18.1. The van der Waals surface area contributed by atoms with Gasteiger partial charge in [-0.2, -0.15) is 0 Å². The maximum absolute atomic E-state index is 4.82. The Kier molecular flexibility index (Phi) is 4.18. The summed E-state index contributed by atoms with van der Waals surface area (Å²) in [6, 6.07) is 12.4. The van der Waals surface area contributed by atoms with E-state index in [9.17, 15) is 0 Å². The molecule has 0 saturated carbocycles. The number of fused-ring (bicyclic) bond motifs is 1. The second kappa shape index (κ2) is 6.96. The van der Waals surface area contributed by atoms with Crippen molar-refractivity contribution in [2.45, 2.75) is 25.3 Å². The topological polar surface area (TPSA) is 62.1 Å². The molecule has 3 aromatic heterocycles. The molecule has 6 heteroatoms. The average Bonchev–Trinajstić information content (AvgIpc) is 3.38. The summed E-state index contributed by atoms with van der Waals surface area (Å²) in [5.41, 5.74) is 3.36. The van der Waals surface area contributed by atoms with Gasteiger partial charge >= 0.3 is 0 Å². The minimum absolute atomic E-state index is 0.464. The first-order valence-electron chi connectivity index (χ1n) is 9.47. The molecular weight excluding hydrogens is 336 g/mol. The van der Waals surface area contributed by atoms with Crippen LogP contribution in [0.15, 0.2) is 61.2 Å². The molecule has 1 fully saturated rings. The van der Waals surface area contributed by atoms with Crippen molar-refractivity contribution >= 4 is 5.78 Å². The van der Waals surface area contributed by atoms with E-state index < -0.39 is 0 Å². The second-order valence-corrected chi connectivity index (χ2v) is 7.11. The smallest absolute Gasteiger partial charge is 0.234 e. The van der Waals surface area contributed by atoms with E-state index >= 15 is 0 Å². The summed E-state index contributed by atoms with van der Waals surface area (Å²) in [5.74, 6) is 2.32. The third kappa shape index (κ3) is 3.13. The normalized spacial score (nSPS) is 18.1. The molecule has 6 nitrogen and oxygen atoms in total. The fraction of sp³-hybridized carbons (Fsp3) is 0.286. The Bertz CT molecular complexity index is 1020. The Labute approximate surface area is 157 Å². The molecule has 1 aliphatic heterocycles. The number of aromatic nitrogens is 5. The van der Waals surface area contributed by atoms with Crippen molar-refractivity contribution in [3.05, 3.63) is 72.7 Å². The lowest BCUT2D eigenvalue weighted by Crippen LogP contribution is -2.34. The van der Waals surface area contributed by atoms with E-state index in [-0.39, 0.29) is 0 Å². The molecular formula is C21H22N6. The van der Waals surface area contributed by atoms with Gasteiger partial charge in [0.15, 0.2) is 0 Å². The minimum atomic E-state index is 0.464. The van der Waals surface area contributed by atoms with Crippen molar-refractivity contribution in [3.63, 3.8) is 0 Å². The monoisotopic (exact) mass is 358 g/mol. The van der Waals surface area contributed by atoms with Gasteiger partial charge in [0, 0.05) is 49.4 Å². The summed E-state index contributed by atoms with van der Waals surface area (Å²) in [5, 5.41) is 0. The van der Waals surface area contributed by atoms with Crippen LogP contribution in [0.2, 0.25) is 0 Å². The molecule has 1 aliphatic rings. The van der Waals surface area contributed by atoms with Gasteiger partial charge in [-0.05, 0) is 25.5 Å². The molecule has 1 saturated heterocycles. The Hall–Kier alpha value is -2.99. The zero-order valence-corrected chi connectivity index (χ0v) is 15.1. The molecule has 1 N–H and O–H groups in total. The Morgan fingerprint density at radius 2 is 2.00 bits per heavy atom. The number of nitrogens with zero attached hydrogens (tertiary/aromatic N) is 5. The molecule has 0 bridgehead atoms. The molecule has 1 unspecified atom stereocenters. The lowest BCUT2D eigenvalue weighted by Gasteiger charge is -2.31. The van der Waals surface area contributed by atoms with E-state index in [1.54, 1.807) is 6.20 Å². The number of piperidine rings is 1. The molecule has 0 aliphatic carbocycles. The van der Waals surface area contributed by atoms with Gasteiger partial charge in [0.25, 0.3) is 0 Å². The van der Waals surface area contributed by atoms with Gasteiger partial charge < -0.3 is 4.98 Å². The van der Waals surface area contributed by atoms with E-state index in [4.69, 9.17) is 4.98 Å². The van der Waals surface area contributed by atoms with Crippen LogP contribution in [0.3, 0.4) is 0 Å². The van der Waals surface area contributed by atoms with E-state index in [0.717, 1.165) is 42.5 Å². The largest absolute Gasteiger partial charge is 0.348 e. The van der Waals surface area contributed by atoms with E-state index in [0.29, 0.717) is 5.92 Å². The SMILES string of the molecule is c1ccc(-c2nc3ncccn3c2CN2CCCC(c3ncc[nH]3)C2)cc1. The van der Waals surface area contributed by atoms with Crippen molar-refractivity contribution in [2.24, 2.45) is 0 Å². The predicted octanol–water partition coefficient (Wildman–Crippen LogP) is 3.50. The molecule has 27 heavy (non-hydrogen) atoms. The van der Waals surface area contributed by atoms with Crippen LogP contribution in [0.5, 0.6) is 0 Å². The Morgan fingerprint density at radius 1 is 1.07 bits per heavy atom. The van der Waals surface area contributed by atoms with Crippen LogP contribution in [0.1, 0.15) is 30.3 Å². The Balaban J connectivity index is 1.49. The number of rotatable bonds is 4. The van der Waals surface area contributed by atoms with Gasteiger partial charge in [0.2, 0.25) is 5.78 Å². The van der Waals surface area contributed by atoms with Gasteiger partial charge in [-0.15, -0.1) is 0 Å². The van der Waals surface area contributed by atoms with Crippen LogP contribution in [-0.2, 0) is 6.54 Å². The van der Waals surface area contributed by atoms with E-state index in [1.165, 1.54) is 18.5 Å². The van der Waals surface area contributed by atoms with Gasteiger partial charge in [-0.3, -0.25) is 9.30 Å². The van der Waals surface area contributed by atoms with Crippen molar-refractivity contribution in [2.75, 3.05) is 13.1 Å². The van der Waals surface area contributed by atoms with E-state index in [1.807, 2.05) is 24.5 Å². The molecule has 4 aromatic rings.